The third-order valence-electron chi connectivity index (χ3n) is 4.57. The van der Waals surface area contributed by atoms with Crippen molar-refractivity contribution in [2.45, 2.75) is 18.6 Å². The molecule has 8 heteroatoms. The van der Waals surface area contributed by atoms with Crippen LogP contribution in [0.3, 0.4) is 0 Å². The van der Waals surface area contributed by atoms with Gasteiger partial charge in [0.15, 0.2) is 5.75 Å². The molecule has 124 valence electrons. The molecule has 0 spiro atoms. The van der Waals surface area contributed by atoms with Gasteiger partial charge in [0.25, 0.3) is 5.91 Å². The molecule has 1 aromatic rings. The predicted molar refractivity (Wildman–Crippen MR) is 81.4 cm³/mol. The number of piperidine rings is 1. The number of carbonyl (C=O) groups excluding carboxylic acids is 1. The minimum Gasteiger partial charge on any atom is -0.502 e. The zero-order valence-electron chi connectivity index (χ0n) is 12.8. The van der Waals surface area contributed by atoms with E-state index in [2.05, 4.69) is 4.90 Å². The van der Waals surface area contributed by atoms with Gasteiger partial charge in [-0.25, -0.2) is 0 Å². The van der Waals surface area contributed by atoms with Crippen LogP contribution in [0.5, 0.6) is 5.75 Å². The fraction of sp³-hybridized carbons (Fsp3) is 0.533. The number of nitro groups is 1. The number of likely N-dealkylation sites (N-methyl/N-ethyl adjacent to an activating group) is 1. The fourth-order valence-electron chi connectivity index (χ4n) is 3.22. The van der Waals surface area contributed by atoms with Crippen molar-refractivity contribution in [3.05, 3.63) is 33.9 Å². The molecule has 2 saturated heterocycles. The first-order valence-electron chi connectivity index (χ1n) is 7.56. The van der Waals surface area contributed by atoms with Crippen LogP contribution in [0.1, 0.15) is 16.8 Å². The molecule has 0 radical (unpaired) electrons. The SMILES string of the molecule is CN1CCO[C@H]2CCN(C(=O)c3ccc([N+](=O)[O-])c(O)c3)C[C@@H]21. The maximum absolute atomic E-state index is 12.6. The Balaban J connectivity index is 1.75. The number of fused-ring (bicyclic) bond motifs is 1. The standard InChI is InChI=1S/C15H19N3O5/c1-16-6-7-23-14-4-5-17(9-12(14)16)15(20)10-2-3-11(18(21)22)13(19)8-10/h2-3,8,12,14,19H,4-7,9H2,1H3/t12-,14-/m0/s1. The van der Waals surface area contributed by atoms with Gasteiger partial charge in [0.05, 0.1) is 23.7 Å². The van der Waals surface area contributed by atoms with E-state index < -0.39 is 16.4 Å². The summed E-state index contributed by atoms with van der Waals surface area (Å²) in [5.41, 5.74) is -0.147. The minimum atomic E-state index is -0.677. The first-order chi connectivity index (χ1) is 11.0. The molecule has 0 aromatic heterocycles. The van der Waals surface area contributed by atoms with E-state index in [1.54, 1.807) is 4.90 Å². The number of likely N-dealkylation sites (tertiary alicyclic amines) is 1. The number of phenols is 1. The van der Waals surface area contributed by atoms with E-state index in [1.807, 2.05) is 7.05 Å². The molecule has 1 amide bonds. The zero-order chi connectivity index (χ0) is 16.6. The second-order valence-electron chi connectivity index (χ2n) is 5.96. The lowest BCUT2D eigenvalue weighted by Gasteiger charge is -2.45. The molecule has 2 fully saturated rings. The molecule has 0 bridgehead atoms. The Bertz CT molecular complexity index is 636. The lowest BCUT2D eigenvalue weighted by atomic mass is 9.98. The fourth-order valence-corrected chi connectivity index (χ4v) is 3.22. The van der Waals surface area contributed by atoms with Crippen LogP contribution in [0.2, 0.25) is 0 Å². The van der Waals surface area contributed by atoms with E-state index in [1.165, 1.54) is 6.07 Å². The van der Waals surface area contributed by atoms with E-state index in [4.69, 9.17) is 4.74 Å². The highest BCUT2D eigenvalue weighted by Gasteiger charge is 2.37. The summed E-state index contributed by atoms with van der Waals surface area (Å²) in [6.07, 6.45) is 0.905. The maximum atomic E-state index is 12.6. The Hall–Kier alpha value is -2.19. The van der Waals surface area contributed by atoms with Crippen LogP contribution < -0.4 is 0 Å². The Morgan fingerprint density at radius 1 is 1.43 bits per heavy atom. The van der Waals surface area contributed by atoms with E-state index in [-0.39, 0.29) is 23.6 Å². The second kappa shape index (κ2) is 6.13. The molecule has 3 rings (SSSR count). The molecule has 2 atom stereocenters. The number of nitro benzene ring substituents is 1. The highest BCUT2D eigenvalue weighted by atomic mass is 16.6. The summed E-state index contributed by atoms with van der Waals surface area (Å²) < 4.78 is 5.75. The number of hydrogen-bond acceptors (Lipinski definition) is 6. The quantitative estimate of drug-likeness (QED) is 0.641. The number of rotatable bonds is 2. The van der Waals surface area contributed by atoms with Gasteiger partial charge in [-0.2, -0.15) is 0 Å². The van der Waals surface area contributed by atoms with Crippen molar-refractivity contribution < 1.29 is 19.6 Å². The van der Waals surface area contributed by atoms with Crippen molar-refractivity contribution in [2.24, 2.45) is 0 Å². The van der Waals surface area contributed by atoms with Crippen LogP contribution in [-0.4, -0.2) is 71.2 Å². The summed E-state index contributed by atoms with van der Waals surface area (Å²) in [5.74, 6) is -0.721. The van der Waals surface area contributed by atoms with Gasteiger partial charge in [-0.15, -0.1) is 0 Å². The number of phenolic OH excluding ortho intramolecular Hbond substituents is 1. The maximum Gasteiger partial charge on any atom is 0.310 e. The highest BCUT2D eigenvalue weighted by Crippen LogP contribution is 2.28. The number of morpholine rings is 1. The molecule has 2 aliphatic rings. The highest BCUT2D eigenvalue weighted by molar-refractivity contribution is 5.95. The number of nitrogens with zero attached hydrogens (tertiary/aromatic N) is 3. The Kier molecular flexibility index (Phi) is 4.18. The van der Waals surface area contributed by atoms with Gasteiger partial charge >= 0.3 is 5.69 Å². The lowest BCUT2D eigenvalue weighted by Crippen LogP contribution is -2.59. The van der Waals surface area contributed by atoms with E-state index in [0.29, 0.717) is 19.7 Å². The molecule has 0 saturated carbocycles. The van der Waals surface area contributed by atoms with Gasteiger partial charge in [0.2, 0.25) is 0 Å². The van der Waals surface area contributed by atoms with Crippen LogP contribution in [0.15, 0.2) is 18.2 Å². The largest absolute Gasteiger partial charge is 0.502 e. The molecule has 2 aliphatic heterocycles. The van der Waals surface area contributed by atoms with Crippen molar-refractivity contribution in [1.82, 2.24) is 9.80 Å². The summed E-state index contributed by atoms with van der Waals surface area (Å²) in [4.78, 5) is 26.6. The van der Waals surface area contributed by atoms with E-state index in [0.717, 1.165) is 25.1 Å². The average Bonchev–Trinajstić information content (AvgIpc) is 2.54. The number of aromatic hydroxyl groups is 1. The second-order valence-corrected chi connectivity index (χ2v) is 5.96. The van der Waals surface area contributed by atoms with Gasteiger partial charge in [-0.3, -0.25) is 19.8 Å². The normalized spacial score (nSPS) is 25.0. The van der Waals surface area contributed by atoms with Crippen molar-refractivity contribution in [3.8, 4) is 5.75 Å². The first-order valence-corrected chi connectivity index (χ1v) is 7.56. The molecule has 0 unspecified atom stereocenters. The van der Waals surface area contributed by atoms with E-state index in [9.17, 15) is 20.0 Å². The Morgan fingerprint density at radius 3 is 2.91 bits per heavy atom. The first kappa shape index (κ1) is 15.7. The van der Waals surface area contributed by atoms with Gasteiger partial charge < -0.3 is 14.7 Å². The number of amides is 1. The molecule has 23 heavy (non-hydrogen) atoms. The summed E-state index contributed by atoms with van der Waals surface area (Å²) in [6.45, 7) is 2.67. The average molecular weight is 321 g/mol. The molecule has 8 nitrogen and oxygen atoms in total. The van der Waals surface area contributed by atoms with Gasteiger partial charge in [0.1, 0.15) is 0 Å². The molecular formula is C15H19N3O5. The van der Waals surface area contributed by atoms with Crippen molar-refractivity contribution >= 4 is 11.6 Å². The summed E-state index contributed by atoms with van der Waals surface area (Å²) in [7, 11) is 2.02. The van der Waals surface area contributed by atoms with Gasteiger partial charge in [-0.1, -0.05) is 0 Å². The Labute approximate surface area is 133 Å². The van der Waals surface area contributed by atoms with Crippen LogP contribution in [0.4, 0.5) is 5.69 Å². The monoisotopic (exact) mass is 321 g/mol. The number of hydrogen-bond donors (Lipinski definition) is 1. The van der Waals surface area contributed by atoms with Crippen LogP contribution in [-0.2, 0) is 4.74 Å². The Morgan fingerprint density at radius 2 is 2.22 bits per heavy atom. The van der Waals surface area contributed by atoms with Crippen molar-refractivity contribution in [3.63, 3.8) is 0 Å². The number of ether oxygens (including phenoxy) is 1. The number of benzene rings is 1. The summed E-state index contributed by atoms with van der Waals surface area (Å²) in [6, 6.07) is 3.86. The van der Waals surface area contributed by atoms with Crippen molar-refractivity contribution in [2.75, 3.05) is 33.3 Å². The minimum absolute atomic E-state index is 0.142. The van der Waals surface area contributed by atoms with Crippen LogP contribution >= 0.6 is 0 Å². The van der Waals surface area contributed by atoms with E-state index >= 15 is 0 Å². The topological polar surface area (TPSA) is 96.2 Å². The zero-order valence-corrected chi connectivity index (χ0v) is 12.8. The van der Waals surface area contributed by atoms with Gasteiger partial charge in [0, 0.05) is 31.3 Å². The third-order valence-corrected chi connectivity index (χ3v) is 4.57. The lowest BCUT2D eigenvalue weighted by molar-refractivity contribution is -0.385. The van der Waals surface area contributed by atoms with Gasteiger partial charge in [-0.05, 0) is 25.6 Å². The smallest absolute Gasteiger partial charge is 0.310 e. The molecule has 1 aromatic carbocycles. The summed E-state index contributed by atoms with van der Waals surface area (Å²) >= 11 is 0. The summed E-state index contributed by atoms with van der Waals surface area (Å²) in [5, 5.41) is 20.4. The molecule has 2 heterocycles. The number of carbonyl (C=O) groups is 1. The van der Waals surface area contributed by atoms with Crippen LogP contribution in [0.25, 0.3) is 0 Å². The molecule has 1 N–H and O–H groups in total. The predicted octanol–water partition coefficient (Wildman–Crippen LogP) is 0.845. The molecular weight excluding hydrogens is 302 g/mol. The molecule has 0 aliphatic carbocycles. The third kappa shape index (κ3) is 2.99. The van der Waals surface area contributed by atoms with Crippen LogP contribution in [0, 0.1) is 10.1 Å². The van der Waals surface area contributed by atoms with Crippen molar-refractivity contribution in [1.29, 1.82) is 0 Å².